The van der Waals surface area contributed by atoms with Gasteiger partial charge in [0.05, 0.1) is 0 Å². The SMILES string of the molecule is CC1C2C3CCC(N3)[C@@H]2CCN1C. The molecule has 3 heterocycles. The summed E-state index contributed by atoms with van der Waals surface area (Å²) < 4.78 is 0. The van der Waals surface area contributed by atoms with Gasteiger partial charge in [-0.25, -0.2) is 0 Å². The minimum atomic E-state index is 0.807. The van der Waals surface area contributed by atoms with Crippen molar-refractivity contribution in [3.63, 3.8) is 0 Å². The van der Waals surface area contributed by atoms with Gasteiger partial charge in [-0.05, 0) is 51.6 Å². The number of piperidine rings is 1. The van der Waals surface area contributed by atoms with Crippen LogP contribution in [0, 0.1) is 11.8 Å². The fraction of sp³-hybridized carbons (Fsp3) is 1.00. The third-order valence-electron chi connectivity index (χ3n) is 4.76. The lowest BCUT2D eigenvalue weighted by Gasteiger charge is -2.43. The van der Waals surface area contributed by atoms with Crippen molar-refractivity contribution in [3.8, 4) is 0 Å². The highest BCUT2D eigenvalue weighted by molar-refractivity contribution is 5.07. The molecule has 2 bridgehead atoms. The maximum Gasteiger partial charge on any atom is 0.0117 e. The lowest BCUT2D eigenvalue weighted by Crippen LogP contribution is -2.49. The van der Waals surface area contributed by atoms with E-state index in [4.69, 9.17) is 0 Å². The molecule has 5 atom stereocenters. The van der Waals surface area contributed by atoms with Crippen LogP contribution in [0.25, 0.3) is 0 Å². The predicted molar refractivity (Wildman–Crippen MR) is 53.6 cm³/mol. The summed E-state index contributed by atoms with van der Waals surface area (Å²) in [6, 6.07) is 2.54. The number of hydrogen-bond donors (Lipinski definition) is 1. The molecule has 0 aromatic carbocycles. The maximum absolute atomic E-state index is 3.79. The lowest BCUT2D eigenvalue weighted by atomic mass is 9.71. The van der Waals surface area contributed by atoms with Crippen LogP contribution < -0.4 is 5.32 Å². The van der Waals surface area contributed by atoms with Crippen molar-refractivity contribution < 1.29 is 0 Å². The second-order valence-corrected chi connectivity index (χ2v) is 5.21. The quantitative estimate of drug-likeness (QED) is 0.600. The van der Waals surface area contributed by atoms with E-state index in [0.29, 0.717) is 0 Å². The molecule has 4 unspecified atom stereocenters. The van der Waals surface area contributed by atoms with E-state index in [1.807, 2.05) is 0 Å². The molecule has 0 aromatic heterocycles. The maximum atomic E-state index is 3.79. The van der Waals surface area contributed by atoms with Crippen LogP contribution in [0.15, 0.2) is 0 Å². The Morgan fingerprint density at radius 3 is 2.77 bits per heavy atom. The molecule has 0 amide bonds. The van der Waals surface area contributed by atoms with Crippen LogP contribution in [0.2, 0.25) is 0 Å². The minimum absolute atomic E-state index is 0.807. The van der Waals surface area contributed by atoms with Gasteiger partial charge < -0.3 is 10.2 Å². The molecule has 3 rings (SSSR count). The van der Waals surface area contributed by atoms with Gasteiger partial charge in [0.15, 0.2) is 0 Å². The van der Waals surface area contributed by atoms with Gasteiger partial charge in [0, 0.05) is 18.1 Å². The Bertz CT molecular complexity index is 216. The average molecular weight is 180 g/mol. The highest BCUT2D eigenvalue weighted by atomic mass is 15.2. The van der Waals surface area contributed by atoms with Crippen LogP contribution >= 0.6 is 0 Å². The standard InChI is InChI=1S/C11H20N2/c1-7-11-8(5-6-13(7)2)9-3-4-10(11)12-9/h7-12H,3-6H2,1-2H3/t7?,8-,9?,10?,11?/m0/s1. The first kappa shape index (κ1) is 8.25. The van der Waals surface area contributed by atoms with E-state index in [0.717, 1.165) is 30.0 Å². The van der Waals surface area contributed by atoms with Crippen molar-refractivity contribution in [2.45, 2.75) is 44.3 Å². The first-order valence-electron chi connectivity index (χ1n) is 5.73. The summed E-state index contributed by atoms with van der Waals surface area (Å²) in [4.78, 5) is 2.55. The van der Waals surface area contributed by atoms with Gasteiger partial charge in [-0.15, -0.1) is 0 Å². The van der Waals surface area contributed by atoms with Gasteiger partial charge in [0.1, 0.15) is 0 Å². The van der Waals surface area contributed by atoms with E-state index in [1.54, 1.807) is 0 Å². The Balaban J connectivity index is 1.86. The van der Waals surface area contributed by atoms with Crippen LogP contribution in [0.5, 0.6) is 0 Å². The Kier molecular flexibility index (Phi) is 1.72. The van der Waals surface area contributed by atoms with Crippen LogP contribution in [0.4, 0.5) is 0 Å². The van der Waals surface area contributed by atoms with Gasteiger partial charge in [-0.2, -0.15) is 0 Å². The van der Waals surface area contributed by atoms with Gasteiger partial charge in [-0.3, -0.25) is 0 Å². The smallest absolute Gasteiger partial charge is 0.0117 e. The fourth-order valence-electron chi connectivity index (χ4n) is 3.95. The molecular weight excluding hydrogens is 160 g/mol. The molecule has 0 aliphatic carbocycles. The van der Waals surface area contributed by atoms with Crippen LogP contribution in [0.3, 0.4) is 0 Å². The summed E-state index contributed by atoms with van der Waals surface area (Å²) in [5.41, 5.74) is 0. The van der Waals surface area contributed by atoms with E-state index >= 15 is 0 Å². The second-order valence-electron chi connectivity index (χ2n) is 5.21. The first-order valence-corrected chi connectivity index (χ1v) is 5.73. The van der Waals surface area contributed by atoms with Gasteiger partial charge >= 0.3 is 0 Å². The third-order valence-corrected chi connectivity index (χ3v) is 4.76. The Hall–Kier alpha value is -0.0800. The van der Waals surface area contributed by atoms with Crippen LogP contribution in [-0.4, -0.2) is 36.6 Å². The number of likely N-dealkylation sites (tertiary alicyclic amines) is 1. The molecular formula is C11H20N2. The predicted octanol–water partition coefficient (Wildman–Crippen LogP) is 1.08. The van der Waals surface area contributed by atoms with Gasteiger partial charge in [0.25, 0.3) is 0 Å². The van der Waals surface area contributed by atoms with Crippen LogP contribution in [-0.2, 0) is 0 Å². The van der Waals surface area contributed by atoms with Crippen molar-refractivity contribution in [3.05, 3.63) is 0 Å². The lowest BCUT2D eigenvalue weighted by molar-refractivity contribution is 0.0705. The number of fused-ring (bicyclic) bond motifs is 5. The zero-order valence-electron chi connectivity index (χ0n) is 8.66. The normalized spacial score (nSPS) is 55.4. The molecule has 13 heavy (non-hydrogen) atoms. The Labute approximate surface area is 80.7 Å². The number of nitrogens with zero attached hydrogens (tertiary/aromatic N) is 1. The van der Waals surface area contributed by atoms with Crippen molar-refractivity contribution in [1.82, 2.24) is 10.2 Å². The summed E-state index contributed by atoms with van der Waals surface area (Å²) >= 11 is 0. The largest absolute Gasteiger partial charge is 0.311 e. The molecule has 74 valence electrons. The molecule has 2 nitrogen and oxygen atoms in total. The van der Waals surface area contributed by atoms with Gasteiger partial charge in [-0.1, -0.05) is 0 Å². The Morgan fingerprint density at radius 2 is 1.92 bits per heavy atom. The third kappa shape index (κ3) is 1.02. The fourth-order valence-corrected chi connectivity index (χ4v) is 3.95. The number of nitrogens with one attached hydrogen (secondary N) is 1. The topological polar surface area (TPSA) is 15.3 Å². The minimum Gasteiger partial charge on any atom is -0.311 e. The van der Waals surface area contributed by atoms with E-state index in [2.05, 4.69) is 24.2 Å². The van der Waals surface area contributed by atoms with E-state index < -0.39 is 0 Å². The molecule has 0 spiro atoms. The summed E-state index contributed by atoms with van der Waals surface area (Å²) in [5, 5.41) is 3.79. The Morgan fingerprint density at radius 1 is 1.15 bits per heavy atom. The van der Waals surface area contributed by atoms with Crippen molar-refractivity contribution in [1.29, 1.82) is 0 Å². The van der Waals surface area contributed by atoms with E-state index in [-0.39, 0.29) is 0 Å². The summed E-state index contributed by atoms with van der Waals surface area (Å²) in [6.07, 6.45) is 4.31. The highest BCUT2D eigenvalue weighted by Crippen LogP contribution is 2.45. The second kappa shape index (κ2) is 2.71. The molecule has 3 aliphatic heterocycles. The zero-order chi connectivity index (χ0) is 9.00. The number of hydrogen-bond acceptors (Lipinski definition) is 2. The summed E-state index contributed by atoms with van der Waals surface area (Å²) in [5.74, 6) is 1.96. The van der Waals surface area contributed by atoms with E-state index in [9.17, 15) is 0 Å². The van der Waals surface area contributed by atoms with Crippen LogP contribution in [0.1, 0.15) is 26.2 Å². The summed E-state index contributed by atoms with van der Waals surface area (Å²) in [7, 11) is 2.28. The molecule has 1 N–H and O–H groups in total. The zero-order valence-corrected chi connectivity index (χ0v) is 8.66. The molecule has 0 aromatic rings. The monoisotopic (exact) mass is 180 g/mol. The highest BCUT2D eigenvalue weighted by Gasteiger charge is 2.51. The molecule has 3 fully saturated rings. The molecule has 3 aliphatic rings. The summed E-state index contributed by atoms with van der Waals surface area (Å²) in [6.45, 7) is 3.73. The molecule has 2 heteroatoms. The van der Waals surface area contributed by atoms with Gasteiger partial charge in [0.2, 0.25) is 0 Å². The van der Waals surface area contributed by atoms with Crippen molar-refractivity contribution in [2.75, 3.05) is 13.6 Å². The molecule has 0 saturated carbocycles. The average Bonchev–Trinajstić information content (AvgIpc) is 2.70. The first-order chi connectivity index (χ1) is 6.27. The van der Waals surface area contributed by atoms with Crippen molar-refractivity contribution >= 4 is 0 Å². The van der Waals surface area contributed by atoms with E-state index in [1.165, 1.54) is 25.8 Å². The molecule has 0 radical (unpaired) electrons. The van der Waals surface area contributed by atoms with Crippen molar-refractivity contribution in [2.24, 2.45) is 11.8 Å². The molecule has 3 saturated heterocycles. The number of rotatable bonds is 0.